The van der Waals surface area contributed by atoms with Crippen molar-refractivity contribution in [2.45, 2.75) is 13.0 Å². The summed E-state index contributed by atoms with van der Waals surface area (Å²) >= 11 is 0. The van der Waals surface area contributed by atoms with Gasteiger partial charge in [-0.3, -0.25) is 4.98 Å². The lowest BCUT2D eigenvalue weighted by molar-refractivity contribution is 0.221. The van der Waals surface area contributed by atoms with Crippen molar-refractivity contribution in [2.75, 3.05) is 0 Å². The number of fused-ring (bicyclic) bond motifs is 1. The van der Waals surface area contributed by atoms with E-state index in [2.05, 4.69) is 10.1 Å². The number of aliphatic hydroxyl groups excluding tert-OH is 1. The molecule has 1 atom stereocenters. The summed E-state index contributed by atoms with van der Waals surface area (Å²) in [5.74, 6) is -0.310. The Hall–Kier alpha value is -2.27. The second-order valence-electron chi connectivity index (χ2n) is 4.41. The van der Waals surface area contributed by atoms with Crippen molar-refractivity contribution < 1.29 is 9.50 Å². The first-order valence-corrected chi connectivity index (χ1v) is 5.88. The van der Waals surface area contributed by atoms with Gasteiger partial charge in [0.2, 0.25) is 0 Å². The molecule has 4 nitrogen and oxygen atoms in total. The second-order valence-corrected chi connectivity index (χ2v) is 4.41. The first-order chi connectivity index (χ1) is 9.16. The Balaban J connectivity index is 2.10. The molecule has 0 bridgehead atoms. The molecule has 0 fully saturated rings. The lowest BCUT2D eigenvalue weighted by Crippen LogP contribution is -2.02. The third-order valence-corrected chi connectivity index (χ3v) is 3.18. The molecule has 0 saturated heterocycles. The van der Waals surface area contributed by atoms with E-state index in [0.29, 0.717) is 16.7 Å². The van der Waals surface area contributed by atoms with E-state index in [1.165, 1.54) is 12.1 Å². The summed E-state index contributed by atoms with van der Waals surface area (Å²) in [6.45, 7) is 1.77. The van der Waals surface area contributed by atoms with Gasteiger partial charge in [-0.1, -0.05) is 6.07 Å². The number of benzene rings is 1. The maximum atomic E-state index is 13.1. The highest BCUT2D eigenvalue weighted by Gasteiger charge is 2.17. The van der Waals surface area contributed by atoms with Gasteiger partial charge in [-0.15, -0.1) is 0 Å². The average molecular weight is 257 g/mol. The van der Waals surface area contributed by atoms with E-state index in [4.69, 9.17) is 0 Å². The lowest BCUT2D eigenvalue weighted by atomic mass is 9.98. The van der Waals surface area contributed by atoms with Gasteiger partial charge >= 0.3 is 0 Å². The fourth-order valence-electron chi connectivity index (χ4n) is 2.18. The van der Waals surface area contributed by atoms with Crippen molar-refractivity contribution in [3.05, 3.63) is 65.5 Å². The first kappa shape index (κ1) is 11.8. The predicted octanol–water partition coefficient (Wildman–Crippen LogP) is 2.26. The lowest BCUT2D eigenvalue weighted by Gasteiger charge is -2.12. The Morgan fingerprint density at radius 2 is 2.11 bits per heavy atom. The van der Waals surface area contributed by atoms with E-state index < -0.39 is 6.10 Å². The maximum Gasteiger partial charge on any atom is 0.123 e. The van der Waals surface area contributed by atoms with Crippen LogP contribution in [0.5, 0.6) is 0 Å². The van der Waals surface area contributed by atoms with Crippen molar-refractivity contribution in [3.63, 3.8) is 0 Å². The minimum atomic E-state index is -0.845. The van der Waals surface area contributed by atoms with Crippen LogP contribution in [0.1, 0.15) is 22.8 Å². The van der Waals surface area contributed by atoms with E-state index in [1.54, 1.807) is 42.3 Å². The SMILES string of the molecule is Cc1cc(F)ccc1C(O)c1cnn2ccncc12. The fraction of sp³-hybridized carbons (Fsp3) is 0.143. The zero-order valence-corrected chi connectivity index (χ0v) is 10.3. The van der Waals surface area contributed by atoms with Gasteiger partial charge in [0.15, 0.2) is 0 Å². The van der Waals surface area contributed by atoms with Crippen LogP contribution in [0.25, 0.3) is 5.52 Å². The number of rotatable bonds is 2. The molecule has 19 heavy (non-hydrogen) atoms. The Kier molecular flexibility index (Phi) is 2.76. The van der Waals surface area contributed by atoms with Crippen molar-refractivity contribution in [1.82, 2.24) is 14.6 Å². The Morgan fingerprint density at radius 1 is 1.26 bits per heavy atom. The molecule has 0 saturated carbocycles. The van der Waals surface area contributed by atoms with E-state index in [9.17, 15) is 9.50 Å². The van der Waals surface area contributed by atoms with Crippen LogP contribution in [0.4, 0.5) is 4.39 Å². The highest BCUT2D eigenvalue weighted by Crippen LogP contribution is 2.27. The van der Waals surface area contributed by atoms with E-state index >= 15 is 0 Å². The van der Waals surface area contributed by atoms with Crippen LogP contribution in [0, 0.1) is 12.7 Å². The van der Waals surface area contributed by atoms with Crippen LogP contribution < -0.4 is 0 Å². The van der Waals surface area contributed by atoms with Crippen molar-refractivity contribution in [2.24, 2.45) is 0 Å². The van der Waals surface area contributed by atoms with Crippen molar-refractivity contribution in [3.8, 4) is 0 Å². The first-order valence-electron chi connectivity index (χ1n) is 5.88. The molecule has 2 aromatic heterocycles. The summed E-state index contributed by atoms with van der Waals surface area (Å²) in [5, 5.41) is 14.6. The van der Waals surface area contributed by atoms with Crippen LogP contribution in [0.15, 0.2) is 43.0 Å². The quantitative estimate of drug-likeness (QED) is 0.766. The number of hydrogen-bond acceptors (Lipinski definition) is 3. The molecule has 3 rings (SSSR count). The average Bonchev–Trinajstić information content (AvgIpc) is 2.82. The number of aliphatic hydroxyl groups is 1. The smallest absolute Gasteiger partial charge is 0.123 e. The van der Waals surface area contributed by atoms with Crippen LogP contribution in [-0.4, -0.2) is 19.7 Å². The molecule has 2 heterocycles. The molecule has 0 aliphatic heterocycles. The molecule has 0 spiro atoms. The monoisotopic (exact) mass is 257 g/mol. The standard InChI is InChI=1S/C14H12FN3O/c1-9-6-10(15)2-3-11(9)14(19)12-7-17-18-5-4-16-8-13(12)18/h2-8,14,19H,1H3. The summed E-state index contributed by atoms with van der Waals surface area (Å²) in [7, 11) is 0. The number of aromatic nitrogens is 3. The van der Waals surface area contributed by atoms with Gasteiger partial charge in [0.05, 0.1) is 17.9 Å². The number of nitrogens with zero attached hydrogens (tertiary/aromatic N) is 3. The molecule has 1 N–H and O–H groups in total. The molecule has 0 radical (unpaired) electrons. The summed E-state index contributed by atoms with van der Waals surface area (Å²) in [5.41, 5.74) is 2.76. The van der Waals surface area contributed by atoms with Crippen molar-refractivity contribution in [1.29, 1.82) is 0 Å². The topological polar surface area (TPSA) is 50.4 Å². The zero-order valence-electron chi connectivity index (χ0n) is 10.3. The third-order valence-electron chi connectivity index (χ3n) is 3.18. The Labute approximate surface area is 109 Å². The molecular weight excluding hydrogens is 245 g/mol. The molecule has 0 amide bonds. The molecule has 0 aliphatic rings. The molecule has 5 heteroatoms. The van der Waals surface area contributed by atoms with E-state index in [1.807, 2.05) is 0 Å². The second kappa shape index (κ2) is 4.44. The molecule has 3 aromatic rings. The summed E-state index contributed by atoms with van der Waals surface area (Å²) < 4.78 is 14.7. The van der Waals surface area contributed by atoms with Gasteiger partial charge < -0.3 is 5.11 Å². The normalized spacial score (nSPS) is 12.8. The van der Waals surface area contributed by atoms with Gasteiger partial charge in [-0.05, 0) is 30.2 Å². The minimum absolute atomic E-state index is 0.310. The molecular formula is C14H12FN3O. The molecule has 0 aliphatic carbocycles. The van der Waals surface area contributed by atoms with Crippen LogP contribution in [-0.2, 0) is 0 Å². The molecule has 96 valence electrons. The van der Waals surface area contributed by atoms with Gasteiger partial charge in [0.1, 0.15) is 11.9 Å². The van der Waals surface area contributed by atoms with Gasteiger partial charge in [0, 0.05) is 18.0 Å². The van der Waals surface area contributed by atoms with Crippen LogP contribution in [0.2, 0.25) is 0 Å². The summed E-state index contributed by atoms with van der Waals surface area (Å²) in [6, 6.07) is 4.34. The highest BCUT2D eigenvalue weighted by atomic mass is 19.1. The van der Waals surface area contributed by atoms with Gasteiger partial charge in [-0.25, -0.2) is 8.91 Å². The fourth-order valence-corrected chi connectivity index (χ4v) is 2.18. The van der Waals surface area contributed by atoms with Crippen LogP contribution in [0.3, 0.4) is 0 Å². The number of halogens is 1. The maximum absolute atomic E-state index is 13.1. The molecule has 1 unspecified atom stereocenters. The Morgan fingerprint density at radius 3 is 2.89 bits per heavy atom. The zero-order chi connectivity index (χ0) is 13.4. The number of aryl methyl sites for hydroxylation is 1. The van der Waals surface area contributed by atoms with Gasteiger partial charge in [-0.2, -0.15) is 5.10 Å². The van der Waals surface area contributed by atoms with Crippen LogP contribution >= 0.6 is 0 Å². The van der Waals surface area contributed by atoms with Gasteiger partial charge in [0.25, 0.3) is 0 Å². The predicted molar refractivity (Wildman–Crippen MR) is 68.2 cm³/mol. The summed E-state index contributed by atoms with van der Waals surface area (Å²) in [4.78, 5) is 4.03. The highest BCUT2D eigenvalue weighted by molar-refractivity contribution is 5.55. The van der Waals surface area contributed by atoms with E-state index in [0.717, 1.165) is 5.52 Å². The largest absolute Gasteiger partial charge is 0.384 e. The Bertz CT molecular complexity index is 738. The summed E-state index contributed by atoms with van der Waals surface area (Å²) in [6.07, 6.45) is 5.74. The van der Waals surface area contributed by atoms with Crippen molar-refractivity contribution >= 4 is 5.52 Å². The number of hydrogen-bond donors (Lipinski definition) is 1. The molecule has 1 aromatic carbocycles. The van der Waals surface area contributed by atoms with E-state index in [-0.39, 0.29) is 5.82 Å². The third kappa shape index (κ3) is 1.98. The minimum Gasteiger partial charge on any atom is -0.384 e.